The lowest BCUT2D eigenvalue weighted by Gasteiger charge is -2.13. The monoisotopic (exact) mass is 225 g/mol. The second kappa shape index (κ2) is 6.23. The zero-order chi connectivity index (χ0) is 12.0. The zero-order valence-electron chi connectivity index (χ0n) is 9.24. The van der Waals surface area contributed by atoms with Gasteiger partial charge in [-0.2, -0.15) is 0 Å². The number of halogens is 1. The van der Waals surface area contributed by atoms with E-state index >= 15 is 0 Å². The van der Waals surface area contributed by atoms with Crippen molar-refractivity contribution in [2.24, 2.45) is 0 Å². The molecular weight excluding hydrogens is 209 g/mol. The third kappa shape index (κ3) is 4.40. The van der Waals surface area contributed by atoms with Crippen LogP contribution < -0.4 is 5.32 Å². The van der Waals surface area contributed by atoms with Gasteiger partial charge in [0.1, 0.15) is 5.82 Å². The molecule has 1 unspecified atom stereocenters. The smallest absolute Gasteiger partial charge is 0.303 e. The summed E-state index contributed by atoms with van der Waals surface area (Å²) in [6.07, 6.45) is 0.768. The van der Waals surface area contributed by atoms with E-state index in [-0.39, 0.29) is 18.3 Å². The Morgan fingerprint density at radius 2 is 2.06 bits per heavy atom. The van der Waals surface area contributed by atoms with Gasteiger partial charge in [0.05, 0.1) is 0 Å². The summed E-state index contributed by atoms with van der Waals surface area (Å²) in [4.78, 5) is 10.3. The van der Waals surface area contributed by atoms with E-state index in [2.05, 4.69) is 5.32 Å². The molecule has 0 heterocycles. The normalized spacial score (nSPS) is 12.4. The van der Waals surface area contributed by atoms with E-state index in [4.69, 9.17) is 5.11 Å². The number of benzene rings is 1. The van der Waals surface area contributed by atoms with E-state index in [0.29, 0.717) is 13.0 Å². The Bertz CT molecular complexity index is 337. The van der Waals surface area contributed by atoms with Gasteiger partial charge in [-0.25, -0.2) is 4.39 Å². The molecule has 0 fully saturated rings. The summed E-state index contributed by atoms with van der Waals surface area (Å²) in [5.74, 6) is -1.03. The summed E-state index contributed by atoms with van der Waals surface area (Å²) in [5, 5.41) is 11.6. The lowest BCUT2D eigenvalue weighted by atomic mass is 10.1. The van der Waals surface area contributed by atoms with Crippen molar-refractivity contribution in [1.82, 2.24) is 5.32 Å². The van der Waals surface area contributed by atoms with E-state index in [0.717, 1.165) is 5.56 Å². The van der Waals surface area contributed by atoms with E-state index in [9.17, 15) is 9.18 Å². The second-order valence-electron chi connectivity index (χ2n) is 3.72. The van der Waals surface area contributed by atoms with E-state index in [1.165, 1.54) is 12.1 Å². The Labute approximate surface area is 94.3 Å². The highest BCUT2D eigenvalue weighted by molar-refractivity contribution is 5.66. The highest BCUT2D eigenvalue weighted by Crippen LogP contribution is 2.12. The minimum Gasteiger partial charge on any atom is -0.481 e. The molecule has 88 valence electrons. The van der Waals surface area contributed by atoms with Crippen LogP contribution in [0.3, 0.4) is 0 Å². The van der Waals surface area contributed by atoms with Crippen LogP contribution in [-0.4, -0.2) is 17.6 Å². The minimum absolute atomic E-state index is 0.106. The topological polar surface area (TPSA) is 49.3 Å². The van der Waals surface area contributed by atoms with Gasteiger partial charge in [0.15, 0.2) is 0 Å². The number of hydrogen-bond acceptors (Lipinski definition) is 2. The first kappa shape index (κ1) is 12.6. The predicted molar refractivity (Wildman–Crippen MR) is 59.7 cm³/mol. The molecule has 1 atom stereocenters. The molecule has 0 bridgehead atoms. The van der Waals surface area contributed by atoms with Crippen LogP contribution >= 0.6 is 0 Å². The van der Waals surface area contributed by atoms with Crippen LogP contribution in [0.5, 0.6) is 0 Å². The summed E-state index contributed by atoms with van der Waals surface area (Å²) in [6.45, 7) is 2.61. The van der Waals surface area contributed by atoms with Crippen LogP contribution in [0.15, 0.2) is 24.3 Å². The largest absolute Gasteiger partial charge is 0.481 e. The third-order valence-electron chi connectivity index (χ3n) is 2.39. The molecule has 0 aliphatic heterocycles. The SMILES string of the molecule is CC(NCCCC(=O)O)c1ccc(F)cc1. The van der Waals surface area contributed by atoms with E-state index in [1.807, 2.05) is 6.92 Å². The number of hydrogen-bond donors (Lipinski definition) is 2. The fourth-order valence-corrected chi connectivity index (χ4v) is 1.43. The molecule has 0 saturated carbocycles. The zero-order valence-corrected chi connectivity index (χ0v) is 9.24. The van der Waals surface area contributed by atoms with Crippen molar-refractivity contribution < 1.29 is 14.3 Å². The average Bonchev–Trinajstić information content (AvgIpc) is 2.25. The summed E-state index contributed by atoms with van der Waals surface area (Å²) in [6, 6.07) is 6.40. The van der Waals surface area contributed by atoms with Gasteiger partial charge in [-0.1, -0.05) is 12.1 Å². The van der Waals surface area contributed by atoms with Gasteiger partial charge in [-0.3, -0.25) is 4.79 Å². The van der Waals surface area contributed by atoms with Crippen molar-refractivity contribution in [1.29, 1.82) is 0 Å². The molecule has 0 amide bonds. The molecule has 1 aromatic carbocycles. The lowest BCUT2D eigenvalue weighted by Crippen LogP contribution is -2.20. The van der Waals surface area contributed by atoms with Crippen molar-refractivity contribution in [2.75, 3.05) is 6.54 Å². The highest BCUT2D eigenvalue weighted by atomic mass is 19.1. The Morgan fingerprint density at radius 1 is 1.44 bits per heavy atom. The van der Waals surface area contributed by atoms with Crippen LogP contribution in [0.25, 0.3) is 0 Å². The van der Waals surface area contributed by atoms with Gasteiger partial charge in [-0.05, 0) is 37.6 Å². The standard InChI is InChI=1S/C12H16FNO2/c1-9(14-8-2-3-12(15)16)10-4-6-11(13)7-5-10/h4-7,9,14H,2-3,8H2,1H3,(H,15,16). The van der Waals surface area contributed by atoms with Crippen LogP contribution in [0.2, 0.25) is 0 Å². The van der Waals surface area contributed by atoms with E-state index in [1.54, 1.807) is 12.1 Å². The van der Waals surface area contributed by atoms with Crippen molar-refractivity contribution in [3.05, 3.63) is 35.6 Å². The molecule has 1 rings (SSSR count). The number of carboxylic acids is 1. The first-order valence-electron chi connectivity index (χ1n) is 5.30. The van der Waals surface area contributed by atoms with Crippen molar-refractivity contribution in [3.63, 3.8) is 0 Å². The molecule has 0 aliphatic carbocycles. The fourth-order valence-electron chi connectivity index (χ4n) is 1.43. The fraction of sp³-hybridized carbons (Fsp3) is 0.417. The Kier molecular flexibility index (Phi) is 4.92. The summed E-state index contributed by atoms with van der Waals surface area (Å²) in [5.41, 5.74) is 0.997. The van der Waals surface area contributed by atoms with Crippen LogP contribution in [-0.2, 0) is 4.79 Å². The molecule has 0 spiro atoms. The molecule has 0 aliphatic rings. The second-order valence-corrected chi connectivity index (χ2v) is 3.72. The van der Waals surface area contributed by atoms with Crippen molar-refractivity contribution in [3.8, 4) is 0 Å². The number of rotatable bonds is 6. The van der Waals surface area contributed by atoms with Crippen molar-refractivity contribution in [2.45, 2.75) is 25.8 Å². The predicted octanol–water partition coefficient (Wildman–Crippen LogP) is 2.34. The van der Waals surface area contributed by atoms with Crippen LogP contribution in [0, 0.1) is 5.82 Å². The van der Waals surface area contributed by atoms with E-state index < -0.39 is 5.97 Å². The molecule has 3 nitrogen and oxygen atoms in total. The molecule has 0 aromatic heterocycles. The summed E-state index contributed by atoms with van der Waals surface area (Å²) in [7, 11) is 0. The molecule has 2 N–H and O–H groups in total. The van der Waals surface area contributed by atoms with Gasteiger partial charge >= 0.3 is 5.97 Å². The molecule has 4 heteroatoms. The lowest BCUT2D eigenvalue weighted by molar-refractivity contribution is -0.137. The third-order valence-corrected chi connectivity index (χ3v) is 2.39. The number of carbonyl (C=O) groups is 1. The summed E-state index contributed by atoms with van der Waals surface area (Å²) < 4.78 is 12.7. The first-order chi connectivity index (χ1) is 7.59. The van der Waals surface area contributed by atoms with Crippen LogP contribution in [0.4, 0.5) is 4.39 Å². The Morgan fingerprint density at radius 3 is 2.62 bits per heavy atom. The Balaban J connectivity index is 2.32. The molecule has 0 saturated heterocycles. The van der Waals surface area contributed by atoms with Gasteiger partial charge in [0.25, 0.3) is 0 Å². The van der Waals surface area contributed by atoms with Gasteiger partial charge in [0, 0.05) is 12.5 Å². The Hall–Kier alpha value is -1.42. The molecule has 1 aromatic rings. The molecular formula is C12H16FNO2. The molecule has 16 heavy (non-hydrogen) atoms. The quantitative estimate of drug-likeness (QED) is 0.730. The average molecular weight is 225 g/mol. The maximum Gasteiger partial charge on any atom is 0.303 e. The van der Waals surface area contributed by atoms with Gasteiger partial charge in [-0.15, -0.1) is 0 Å². The molecule has 0 radical (unpaired) electrons. The van der Waals surface area contributed by atoms with Gasteiger partial charge < -0.3 is 10.4 Å². The van der Waals surface area contributed by atoms with Crippen LogP contribution in [0.1, 0.15) is 31.4 Å². The summed E-state index contributed by atoms with van der Waals surface area (Å²) >= 11 is 0. The maximum atomic E-state index is 12.7. The number of carboxylic acid groups (broad SMARTS) is 1. The first-order valence-corrected chi connectivity index (χ1v) is 5.30. The number of nitrogens with one attached hydrogen (secondary N) is 1. The maximum absolute atomic E-state index is 12.7. The van der Waals surface area contributed by atoms with Gasteiger partial charge in [0.2, 0.25) is 0 Å². The number of aliphatic carboxylic acids is 1. The van der Waals surface area contributed by atoms with Crippen molar-refractivity contribution >= 4 is 5.97 Å². The highest BCUT2D eigenvalue weighted by Gasteiger charge is 2.04. The minimum atomic E-state index is -0.781.